The van der Waals surface area contributed by atoms with Crippen molar-refractivity contribution in [2.75, 3.05) is 17.2 Å². The number of hydrogen-bond acceptors (Lipinski definition) is 5. The molecule has 0 spiro atoms. The van der Waals surface area contributed by atoms with E-state index in [9.17, 15) is 4.79 Å². The van der Waals surface area contributed by atoms with Gasteiger partial charge in [0.2, 0.25) is 0 Å². The second-order valence-electron chi connectivity index (χ2n) is 5.09. The summed E-state index contributed by atoms with van der Waals surface area (Å²) in [5.74, 6) is 1.21. The number of aromatic nitrogens is 2. The first-order valence-corrected chi connectivity index (χ1v) is 7.91. The van der Waals surface area contributed by atoms with E-state index < -0.39 is 0 Å². The minimum atomic E-state index is -0.311. The van der Waals surface area contributed by atoms with E-state index in [1.165, 1.54) is 0 Å². The molecule has 7 heteroatoms. The van der Waals surface area contributed by atoms with Crippen LogP contribution in [-0.2, 0) is 4.79 Å². The summed E-state index contributed by atoms with van der Waals surface area (Å²) in [5, 5.41) is 14.3. The monoisotopic (exact) mass is 354 g/mol. The molecule has 0 aliphatic heterocycles. The highest BCUT2D eigenvalue weighted by molar-refractivity contribution is 6.30. The first kappa shape index (κ1) is 16.7. The van der Waals surface area contributed by atoms with Crippen LogP contribution < -0.4 is 15.4 Å². The van der Waals surface area contributed by atoms with Gasteiger partial charge in [-0.3, -0.25) is 4.79 Å². The van der Waals surface area contributed by atoms with E-state index >= 15 is 0 Å². The molecule has 25 heavy (non-hydrogen) atoms. The van der Waals surface area contributed by atoms with E-state index in [2.05, 4.69) is 20.8 Å². The Morgan fingerprint density at radius 3 is 2.44 bits per heavy atom. The van der Waals surface area contributed by atoms with Gasteiger partial charge < -0.3 is 15.4 Å². The van der Waals surface area contributed by atoms with Gasteiger partial charge in [0.25, 0.3) is 5.91 Å². The van der Waals surface area contributed by atoms with Gasteiger partial charge in [0.05, 0.1) is 0 Å². The second kappa shape index (κ2) is 8.12. The highest BCUT2D eigenvalue weighted by atomic mass is 35.5. The number of benzene rings is 2. The minimum absolute atomic E-state index is 0.103. The number of hydrogen-bond donors (Lipinski definition) is 2. The van der Waals surface area contributed by atoms with Crippen molar-refractivity contribution in [2.45, 2.75) is 0 Å². The lowest BCUT2D eigenvalue weighted by molar-refractivity contribution is -0.118. The quantitative estimate of drug-likeness (QED) is 0.702. The van der Waals surface area contributed by atoms with E-state index in [4.69, 9.17) is 16.3 Å². The van der Waals surface area contributed by atoms with E-state index in [-0.39, 0.29) is 12.5 Å². The summed E-state index contributed by atoms with van der Waals surface area (Å²) >= 11 is 5.93. The number of nitrogens with one attached hydrogen (secondary N) is 2. The molecule has 0 aliphatic rings. The first-order chi connectivity index (χ1) is 12.2. The standard InChI is InChI=1S/C18H15ClN4O2/c19-13-5-4-6-14(11-13)20-16-9-10-17(23-22-16)21-18(24)12-25-15-7-2-1-3-8-15/h1-11H,12H2,(H,20,22)(H,21,23,24). The molecule has 3 aromatic rings. The Kier molecular flexibility index (Phi) is 5.43. The summed E-state index contributed by atoms with van der Waals surface area (Å²) in [6.45, 7) is -0.103. The number of halogens is 1. The molecule has 0 fully saturated rings. The molecule has 3 rings (SSSR count). The van der Waals surface area contributed by atoms with Crippen molar-refractivity contribution in [3.8, 4) is 5.75 Å². The fraction of sp³-hybridized carbons (Fsp3) is 0.0556. The average Bonchev–Trinajstić information content (AvgIpc) is 2.63. The molecular formula is C18H15ClN4O2. The Morgan fingerprint density at radius 1 is 0.960 bits per heavy atom. The van der Waals surface area contributed by atoms with Crippen LogP contribution in [0.15, 0.2) is 66.7 Å². The summed E-state index contributed by atoms with van der Waals surface area (Å²) < 4.78 is 5.37. The molecule has 0 atom stereocenters. The van der Waals surface area contributed by atoms with Crippen LogP contribution in [0.1, 0.15) is 0 Å². The summed E-state index contributed by atoms with van der Waals surface area (Å²) in [4.78, 5) is 11.9. The molecule has 1 heterocycles. The average molecular weight is 355 g/mol. The maximum Gasteiger partial charge on any atom is 0.263 e. The zero-order chi connectivity index (χ0) is 17.5. The van der Waals surface area contributed by atoms with Gasteiger partial charge in [-0.2, -0.15) is 0 Å². The number of anilines is 3. The molecular weight excluding hydrogens is 340 g/mol. The van der Waals surface area contributed by atoms with Crippen LogP contribution in [0, 0.1) is 0 Å². The number of rotatable bonds is 6. The van der Waals surface area contributed by atoms with Crippen molar-refractivity contribution >= 4 is 34.8 Å². The molecule has 6 nitrogen and oxygen atoms in total. The van der Waals surface area contributed by atoms with Crippen LogP contribution in [0.2, 0.25) is 5.02 Å². The van der Waals surface area contributed by atoms with Gasteiger partial charge in [0.1, 0.15) is 5.75 Å². The Balaban J connectivity index is 1.52. The van der Waals surface area contributed by atoms with E-state index in [0.717, 1.165) is 5.69 Å². The van der Waals surface area contributed by atoms with Gasteiger partial charge in [-0.05, 0) is 42.5 Å². The van der Waals surface area contributed by atoms with Crippen molar-refractivity contribution in [3.05, 3.63) is 71.8 Å². The fourth-order valence-electron chi connectivity index (χ4n) is 2.02. The SMILES string of the molecule is O=C(COc1ccccc1)Nc1ccc(Nc2cccc(Cl)c2)nn1. The van der Waals surface area contributed by atoms with Gasteiger partial charge >= 0.3 is 0 Å². The number of nitrogens with zero attached hydrogens (tertiary/aromatic N) is 2. The van der Waals surface area contributed by atoms with E-state index in [0.29, 0.717) is 22.4 Å². The number of ether oxygens (including phenoxy) is 1. The van der Waals surface area contributed by atoms with Crippen molar-refractivity contribution in [3.63, 3.8) is 0 Å². The summed E-state index contributed by atoms with van der Waals surface area (Å²) in [5.41, 5.74) is 0.801. The normalized spacial score (nSPS) is 10.1. The van der Waals surface area contributed by atoms with Crippen LogP contribution in [0.3, 0.4) is 0 Å². The maximum atomic E-state index is 11.9. The lowest BCUT2D eigenvalue weighted by Crippen LogP contribution is -2.21. The summed E-state index contributed by atoms with van der Waals surface area (Å²) in [6.07, 6.45) is 0. The topological polar surface area (TPSA) is 76.1 Å². The van der Waals surface area contributed by atoms with Gasteiger partial charge in [-0.25, -0.2) is 0 Å². The van der Waals surface area contributed by atoms with Gasteiger partial charge in [-0.1, -0.05) is 35.9 Å². The molecule has 0 bridgehead atoms. The molecule has 0 radical (unpaired) electrons. The molecule has 0 unspecified atom stereocenters. The number of para-hydroxylation sites is 1. The Hall–Kier alpha value is -3.12. The lowest BCUT2D eigenvalue weighted by atomic mass is 10.3. The largest absolute Gasteiger partial charge is 0.484 e. The Morgan fingerprint density at radius 2 is 1.72 bits per heavy atom. The summed E-state index contributed by atoms with van der Waals surface area (Å²) in [6, 6.07) is 19.7. The molecule has 2 aromatic carbocycles. The van der Waals surface area contributed by atoms with Gasteiger partial charge in [-0.15, -0.1) is 10.2 Å². The van der Waals surface area contributed by atoms with Crippen LogP contribution >= 0.6 is 11.6 Å². The predicted molar refractivity (Wildman–Crippen MR) is 97.3 cm³/mol. The van der Waals surface area contributed by atoms with Crippen molar-refractivity contribution in [1.29, 1.82) is 0 Å². The summed E-state index contributed by atoms with van der Waals surface area (Å²) in [7, 11) is 0. The highest BCUT2D eigenvalue weighted by Crippen LogP contribution is 2.18. The fourth-order valence-corrected chi connectivity index (χ4v) is 2.21. The zero-order valence-corrected chi connectivity index (χ0v) is 13.9. The molecule has 2 N–H and O–H groups in total. The predicted octanol–water partition coefficient (Wildman–Crippen LogP) is 3.89. The van der Waals surface area contributed by atoms with Crippen LogP contribution in [0.25, 0.3) is 0 Å². The van der Waals surface area contributed by atoms with Crippen molar-refractivity contribution in [1.82, 2.24) is 10.2 Å². The third kappa shape index (κ3) is 5.19. The third-order valence-electron chi connectivity index (χ3n) is 3.14. The van der Waals surface area contributed by atoms with Gasteiger partial charge in [0.15, 0.2) is 18.2 Å². The third-order valence-corrected chi connectivity index (χ3v) is 3.38. The van der Waals surface area contributed by atoms with Crippen LogP contribution in [0.5, 0.6) is 5.75 Å². The molecule has 126 valence electrons. The van der Waals surface area contributed by atoms with Gasteiger partial charge in [0, 0.05) is 10.7 Å². The highest BCUT2D eigenvalue weighted by Gasteiger charge is 2.06. The molecule has 0 aliphatic carbocycles. The minimum Gasteiger partial charge on any atom is -0.484 e. The van der Waals surface area contributed by atoms with Crippen LogP contribution in [-0.4, -0.2) is 22.7 Å². The number of carbonyl (C=O) groups is 1. The van der Waals surface area contributed by atoms with Crippen LogP contribution in [0.4, 0.5) is 17.3 Å². The van der Waals surface area contributed by atoms with Crippen molar-refractivity contribution in [2.24, 2.45) is 0 Å². The molecule has 1 amide bonds. The maximum absolute atomic E-state index is 11.9. The Labute approximate surface area is 149 Å². The molecule has 0 saturated heterocycles. The zero-order valence-electron chi connectivity index (χ0n) is 13.1. The smallest absolute Gasteiger partial charge is 0.263 e. The molecule has 1 aromatic heterocycles. The van der Waals surface area contributed by atoms with Crippen molar-refractivity contribution < 1.29 is 9.53 Å². The van der Waals surface area contributed by atoms with E-state index in [1.54, 1.807) is 36.4 Å². The molecule has 0 saturated carbocycles. The first-order valence-electron chi connectivity index (χ1n) is 7.53. The number of amides is 1. The number of carbonyl (C=O) groups excluding carboxylic acids is 1. The second-order valence-corrected chi connectivity index (χ2v) is 5.53. The lowest BCUT2D eigenvalue weighted by Gasteiger charge is -2.08. The Bertz CT molecular complexity index is 841. The van der Waals surface area contributed by atoms with E-state index in [1.807, 2.05) is 30.3 Å².